The highest BCUT2D eigenvalue weighted by Gasteiger charge is 2.32. The number of alkyl halides is 3. The van der Waals surface area contributed by atoms with Gasteiger partial charge in [-0.25, -0.2) is 8.42 Å². The lowest BCUT2D eigenvalue weighted by molar-refractivity contribution is -0.137. The first-order chi connectivity index (χ1) is 15.9. The number of hydrogen-bond acceptors (Lipinski definition) is 5. The zero-order valence-electron chi connectivity index (χ0n) is 19.2. The van der Waals surface area contributed by atoms with Crippen molar-refractivity contribution < 1.29 is 31.1 Å². The molecule has 2 aromatic rings. The molecule has 1 N–H and O–H groups in total. The van der Waals surface area contributed by atoms with Gasteiger partial charge in [0.05, 0.1) is 10.5 Å². The van der Waals surface area contributed by atoms with Gasteiger partial charge in [0, 0.05) is 37.9 Å². The van der Waals surface area contributed by atoms with Crippen molar-refractivity contribution >= 4 is 21.6 Å². The molecule has 34 heavy (non-hydrogen) atoms. The molecule has 11 heteroatoms. The van der Waals surface area contributed by atoms with Gasteiger partial charge in [0.15, 0.2) is 6.10 Å². The van der Waals surface area contributed by atoms with Gasteiger partial charge in [-0.1, -0.05) is 6.07 Å². The van der Waals surface area contributed by atoms with Crippen LogP contribution < -0.4 is 15.0 Å². The maximum Gasteiger partial charge on any atom is 0.416 e. The van der Waals surface area contributed by atoms with Crippen molar-refractivity contribution in [3.63, 3.8) is 0 Å². The predicted molar refractivity (Wildman–Crippen MR) is 122 cm³/mol. The molecule has 1 aliphatic rings. The fourth-order valence-corrected chi connectivity index (χ4v) is 4.99. The number of rotatable bonds is 7. The first kappa shape index (κ1) is 25.8. The molecule has 3 rings (SSSR count). The van der Waals surface area contributed by atoms with E-state index in [1.807, 2.05) is 13.8 Å². The van der Waals surface area contributed by atoms with Crippen LogP contribution in [0.4, 0.5) is 18.9 Å². The summed E-state index contributed by atoms with van der Waals surface area (Å²) in [4.78, 5) is 13.8. The zero-order valence-corrected chi connectivity index (χ0v) is 20.0. The molecule has 0 bridgehead atoms. The summed E-state index contributed by atoms with van der Waals surface area (Å²) in [5, 5.41) is 2.74. The number of halogens is 3. The van der Waals surface area contributed by atoms with Crippen LogP contribution in [0.5, 0.6) is 5.75 Å². The number of nitrogens with zero attached hydrogens (tertiary/aromatic N) is 2. The third-order valence-corrected chi connectivity index (χ3v) is 7.26. The number of ether oxygens (including phenoxy) is 1. The number of nitrogens with one attached hydrogen (secondary N) is 1. The monoisotopic (exact) mass is 499 g/mol. The molecular formula is C23H28F3N3O4S. The van der Waals surface area contributed by atoms with Gasteiger partial charge in [0.25, 0.3) is 5.91 Å². The number of amides is 1. The summed E-state index contributed by atoms with van der Waals surface area (Å²) in [5.41, 5.74) is -0.331. The van der Waals surface area contributed by atoms with E-state index in [9.17, 15) is 26.4 Å². The van der Waals surface area contributed by atoms with Crippen molar-refractivity contribution in [3.8, 4) is 5.75 Å². The molecule has 0 aliphatic carbocycles. The summed E-state index contributed by atoms with van der Waals surface area (Å²) in [6.45, 7) is 6.10. The van der Waals surface area contributed by atoms with E-state index in [-0.39, 0.29) is 43.0 Å². The SMILES string of the molecule is CC(C)NC(=O)[C@@H](C)Oc1ccc(S(=O)(=O)N2CCN(c3cccc(C(F)(F)F)c3)CC2)cc1. The van der Waals surface area contributed by atoms with Gasteiger partial charge >= 0.3 is 6.18 Å². The van der Waals surface area contributed by atoms with E-state index in [2.05, 4.69) is 5.32 Å². The lowest BCUT2D eigenvalue weighted by atomic mass is 10.1. The van der Waals surface area contributed by atoms with Crippen LogP contribution in [0.25, 0.3) is 0 Å². The molecular weight excluding hydrogens is 471 g/mol. The van der Waals surface area contributed by atoms with Crippen molar-refractivity contribution in [2.75, 3.05) is 31.1 Å². The summed E-state index contributed by atoms with van der Waals surface area (Å²) in [7, 11) is -3.78. The molecule has 2 aromatic carbocycles. The Hall–Kier alpha value is -2.79. The Balaban J connectivity index is 1.63. The van der Waals surface area contributed by atoms with Crippen LogP contribution in [0.15, 0.2) is 53.4 Å². The van der Waals surface area contributed by atoms with Crippen molar-refractivity contribution in [2.45, 2.75) is 44.0 Å². The number of sulfonamides is 1. The highest BCUT2D eigenvalue weighted by molar-refractivity contribution is 7.89. The molecule has 1 atom stereocenters. The Labute approximate surface area is 197 Å². The molecule has 1 heterocycles. The lowest BCUT2D eigenvalue weighted by Crippen LogP contribution is -2.48. The summed E-state index contributed by atoms with van der Waals surface area (Å²) < 4.78 is 71.9. The van der Waals surface area contributed by atoms with Crippen LogP contribution in [-0.2, 0) is 21.0 Å². The fourth-order valence-electron chi connectivity index (χ4n) is 3.56. The quantitative estimate of drug-likeness (QED) is 0.631. The van der Waals surface area contributed by atoms with Crippen molar-refractivity contribution in [1.82, 2.24) is 9.62 Å². The standard InChI is InChI=1S/C23H28F3N3O4S/c1-16(2)27-22(30)17(3)33-20-7-9-21(10-8-20)34(31,32)29-13-11-28(12-14-29)19-6-4-5-18(15-19)23(24,25)26/h4-10,15-17H,11-14H2,1-3H3,(H,27,30)/t17-/m1/s1. The lowest BCUT2D eigenvalue weighted by Gasteiger charge is -2.35. The number of carbonyl (C=O) groups excluding carboxylic acids is 1. The van der Waals surface area contributed by atoms with Gasteiger partial charge in [-0.15, -0.1) is 0 Å². The second kappa shape index (κ2) is 10.2. The Kier molecular flexibility index (Phi) is 7.77. The number of benzene rings is 2. The summed E-state index contributed by atoms with van der Waals surface area (Å²) in [6, 6.07) is 10.8. The van der Waals surface area contributed by atoms with E-state index in [1.165, 1.54) is 34.6 Å². The van der Waals surface area contributed by atoms with Crippen LogP contribution in [0.2, 0.25) is 0 Å². The van der Waals surface area contributed by atoms with E-state index in [0.717, 1.165) is 12.1 Å². The number of hydrogen-bond donors (Lipinski definition) is 1. The Morgan fingerprint density at radius 1 is 1.00 bits per heavy atom. The third-order valence-electron chi connectivity index (χ3n) is 5.35. The third kappa shape index (κ3) is 6.20. The van der Waals surface area contributed by atoms with E-state index in [0.29, 0.717) is 11.4 Å². The van der Waals surface area contributed by atoms with Crippen molar-refractivity contribution in [3.05, 3.63) is 54.1 Å². The topological polar surface area (TPSA) is 78.9 Å². The van der Waals surface area contributed by atoms with E-state index in [4.69, 9.17) is 4.74 Å². The minimum Gasteiger partial charge on any atom is -0.481 e. The van der Waals surface area contributed by atoms with Crippen LogP contribution >= 0.6 is 0 Å². The van der Waals surface area contributed by atoms with E-state index >= 15 is 0 Å². The minimum absolute atomic E-state index is 0.0277. The average Bonchev–Trinajstić information content (AvgIpc) is 2.78. The van der Waals surface area contributed by atoms with Crippen molar-refractivity contribution in [1.29, 1.82) is 0 Å². The van der Waals surface area contributed by atoms with E-state index in [1.54, 1.807) is 17.9 Å². The molecule has 1 saturated heterocycles. The Morgan fingerprint density at radius 2 is 1.62 bits per heavy atom. The van der Waals surface area contributed by atoms with Crippen LogP contribution in [0, 0.1) is 0 Å². The number of piperazine rings is 1. The fraction of sp³-hybridized carbons (Fsp3) is 0.435. The summed E-state index contributed by atoms with van der Waals surface area (Å²) in [6.07, 6.45) is -5.18. The molecule has 0 unspecified atom stereocenters. The summed E-state index contributed by atoms with van der Waals surface area (Å²) in [5.74, 6) is 0.0880. The molecule has 0 radical (unpaired) electrons. The predicted octanol–water partition coefficient (Wildman–Crippen LogP) is 3.51. The van der Waals surface area contributed by atoms with Gasteiger partial charge in [-0.05, 0) is 63.2 Å². The second-order valence-electron chi connectivity index (χ2n) is 8.33. The molecule has 0 spiro atoms. The minimum atomic E-state index is -4.44. The molecule has 1 fully saturated rings. The highest BCUT2D eigenvalue weighted by Crippen LogP contribution is 2.32. The number of anilines is 1. The molecule has 0 saturated carbocycles. The Morgan fingerprint density at radius 3 is 2.18 bits per heavy atom. The first-order valence-electron chi connectivity index (χ1n) is 10.9. The van der Waals surface area contributed by atoms with Crippen LogP contribution in [0.3, 0.4) is 0 Å². The second-order valence-corrected chi connectivity index (χ2v) is 10.3. The van der Waals surface area contributed by atoms with Gasteiger partial charge in [0.1, 0.15) is 5.75 Å². The average molecular weight is 500 g/mol. The maximum atomic E-state index is 13.0. The van der Waals surface area contributed by atoms with Gasteiger partial charge in [0.2, 0.25) is 10.0 Å². The smallest absolute Gasteiger partial charge is 0.416 e. The molecule has 0 aromatic heterocycles. The molecule has 186 valence electrons. The normalized spacial score (nSPS) is 16.4. The van der Waals surface area contributed by atoms with Crippen molar-refractivity contribution in [2.24, 2.45) is 0 Å². The molecule has 1 aliphatic heterocycles. The summed E-state index contributed by atoms with van der Waals surface area (Å²) >= 11 is 0. The van der Waals surface area contributed by atoms with E-state index < -0.39 is 27.9 Å². The number of carbonyl (C=O) groups is 1. The Bertz CT molecular complexity index is 1100. The maximum absolute atomic E-state index is 13.0. The first-order valence-corrected chi connectivity index (χ1v) is 12.3. The largest absolute Gasteiger partial charge is 0.481 e. The van der Waals surface area contributed by atoms with Gasteiger partial charge in [-0.3, -0.25) is 4.79 Å². The highest BCUT2D eigenvalue weighted by atomic mass is 32.2. The van der Waals surface area contributed by atoms with Crippen LogP contribution in [-0.4, -0.2) is 57.0 Å². The molecule has 1 amide bonds. The van der Waals surface area contributed by atoms with Gasteiger partial charge in [-0.2, -0.15) is 17.5 Å². The molecule has 7 nitrogen and oxygen atoms in total. The van der Waals surface area contributed by atoms with Crippen LogP contribution in [0.1, 0.15) is 26.3 Å². The van der Waals surface area contributed by atoms with Gasteiger partial charge < -0.3 is 15.0 Å². The zero-order chi connectivity index (χ0) is 25.1.